The summed E-state index contributed by atoms with van der Waals surface area (Å²) in [5.41, 5.74) is -9.96. The summed E-state index contributed by atoms with van der Waals surface area (Å²) >= 11 is 0. The zero-order chi connectivity index (χ0) is 83.0. The second kappa shape index (κ2) is 40.0. The Bertz CT molecular complexity index is 2700. The van der Waals surface area contributed by atoms with Gasteiger partial charge in [0.25, 0.3) is 0 Å². The van der Waals surface area contributed by atoms with Gasteiger partial charge in [0.05, 0.1) is 95.3 Å². The monoisotopic (exact) mass is 1580 g/mol. The number of aliphatic hydroxyl groups is 10. The van der Waals surface area contributed by atoms with E-state index in [1.54, 1.807) is 96.9 Å². The summed E-state index contributed by atoms with van der Waals surface area (Å²) in [6.45, 7) is 38.0. The van der Waals surface area contributed by atoms with Crippen LogP contribution in [0.3, 0.4) is 0 Å². The van der Waals surface area contributed by atoms with Gasteiger partial charge in [0.2, 0.25) is 11.8 Å². The number of rotatable bonds is 23. The van der Waals surface area contributed by atoms with Gasteiger partial charge in [-0.3, -0.25) is 19.2 Å². The number of carbonyl (C=O) groups is 4. The average molecular weight is 1580 g/mol. The molecule has 38 atom stereocenters. The summed E-state index contributed by atoms with van der Waals surface area (Å²) in [6.07, 6.45) is -20.5. The largest absolute Gasteiger partial charge is 0.459 e. The van der Waals surface area contributed by atoms with Gasteiger partial charge in [0.1, 0.15) is 47.8 Å². The Hall–Kier alpha value is -3.00. The van der Waals surface area contributed by atoms with E-state index in [0.29, 0.717) is 12.8 Å². The van der Waals surface area contributed by atoms with Gasteiger partial charge in [-0.05, 0) is 145 Å². The molecule has 6 fully saturated rings. The van der Waals surface area contributed by atoms with Crippen molar-refractivity contribution in [2.24, 2.45) is 59.2 Å². The first-order valence-corrected chi connectivity index (χ1v) is 40.7. The highest BCUT2D eigenvalue weighted by Crippen LogP contribution is 2.45. The molecule has 14 N–H and O–H groups in total. The Kier molecular flexibility index (Phi) is 34.8. The summed E-state index contributed by atoms with van der Waals surface area (Å²) in [5.74, 6) is -9.78. The van der Waals surface area contributed by atoms with Crippen molar-refractivity contribution in [3.8, 4) is 0 Å². The van der Waals surface area contributed by atoms with Crippen LogP contribution < -0.4 is 21.3 Å². The van der Waals surface area contributed by atoms with Crippen molar-refractivity contribution < 1.29 is 127 Å². The molecule has 0 saturated carbocycles. The molecule has 0 radical (unpaired) electrons. The quantitative estimate of drug-likeness (QED) is 0.0511. The molecule has 6 aliphatic heterocycles. The zero-order valence-electron chi connectivity index (χ0n) is 70.4. The van der Waals surface area contributed by atoms with Crippen molar-refractivity contribution in [3.63, 3.8) is 0 Å². The van der Waals surface area contributed by atoms with Crippen LogP contribution in [-0.4, -0.2) is 284 Å². The van der Waals surface area contributed by atoms with Gasteiger partial charge in [-0.25, -0.2) is 0 Å². The van der Waals surface area contributed by atoms with E-state index in [0.717, 1.165) is 0 Å². The third-order valence-electron chi connectivity index (χ3n) is 25.8. The first kappa shape index (κ1) is 95.8. The fourth-order valence-electron chi connectivity index (χ4n) is 18.8. The van der Waals surface area contributed by atoms with Gasteiger partial charge in [-0.1, -0.05) is 69.2 Å². The maximum Gasteiger partial charge on any atom is 0.311 e. The Morgan fingerprint density at radius 1 is 0.445 bits per heavy atom. The lowest BCUT2D eigenvalue weighted by atomic mass is 9.72. The van der Waals surface area contributed by atoms with Gasteiger partial charge in [0, 0.05) is 102 Å². The molecule has 6 saturated heterocycles. The van der Waals surface area contributed by atoms with Gasteiger partial charge in [-0.2, -0.15) is 0 Å². The van der Waals surface area contributed by atoms with Crippen molar-refractivity contribution in [2.45, 2.75) is 385 Å². The Morgan fingerprint density at radius 3 is 1.08 bits per heavy atom. The summed E-state index contributed by atoms with van der Waals surface area (Å²) in [7, 11) is 2.94. The molecular weight excluding hydrogens is 1430 g/mol. The van der Waals surface area contributed by atoms with Crippen molar-refractivity contribution in [3.05, 3.63) is 0 Å². The van der Waals surface area contributed by atoms with Crippen molar-refractivity contribution >= 4 is 23.8 Å². The van der Waals surface area contributed by atoms with Crippen LogP contribution in [0.25, 0.3) is 0 Å². The normalized spacial score (nSPS) is 48.2. The number of carbonyl (C=O) groups excluding carboxylic acids is 4. The van der Waals surface area contributed by atoms with Gasteiger partial charge in [0.15, 0.2) is 25.2 Å². The number of cyclic esters (lactones) is 2. The average Bonchev–Trinajstić information content (AvgIpc) is 0.776. The van der Waals surface area contributed by atoms with Crippen LogP contribution in [0.1, 0.15) is 217 Å². The number of hydrogen-bond donors (Lipinski definition) is 14. The molecule has 0 aliphatic carbocycles. The first-order valence-electron chi connectivity index (χ1n) is 40.7. The molecule has 6 aliphatic rings. The maximum absolute atomic E-state index is 14.7. The number of hydrogen-bond acceptors (Lipinski definition) is 28. The number of esters is 2. The first-order chi connectivity index (χ1) is 51.0. The van der Waals surface area contributed by atoms with E-state index in [1.165, 1.54) is 28.1 Å². The number of methoxy groups -OCH3 is 2. The molecule has 0 aromatic carbocycles. The fourth-order valence-corrected chi connectivity index (χ4v) is 18.8. The minimum atomic E-state index is -2.04. The highest BCUT2D eigenvalue weighted by Gasteiger charge is 2.57. The molecule has 0 bridgehead atoms. The molecular formula is C80H146N4O26. The van der Waals surface area contributed by atoms with Crippen LogP contribution in [-0.2, 0) is 76.0 Å². The van der Waals surface area contributed by atoms with Crippen LogP contribution in [0.15, 0.2) is 0 Å². The van der Waals surface area contributed by atoms with Gasteiger partial charge >= 0.3 is 11.9 Å². The number of nitrogens with one attached hydrogen (secondary N) is 4. The summed E-state index contributed by atoms with van der Waals surface area (Å²) in [4.78, 5) is 56.5. The summed E-state index contributed by atoms with van der Waals surface area (Å²) in [5, 5.41) is 134. The minimum Gasteiger partial charge on any atom is -0.459 e. The molecule has 2 amide bonds. The second-order valence-electron chi connectivity index (χ2n) is 35.5. The van der Waals surface area contributed by atoms with E-state index >= 15 is 0 Å². The van der Waals surface area contributed by atoms with Crippen LogP contribution in [0.5, 0.6) is 0 Å². The van der Waals surface area contributed by atoms with Gasteiger partial charge < -0.3 is 129 Å². The fraction of sp³-hybridized carbons (Fsp3) is 0.950. The number of aliphatic hydroxyl groups excluding tert-OH is 6. The van der Waals surface area contributed by atoms with E-state index in [9.17, 15) is 70.2 Å². The van der Waals surface area contributed by atoms with Crippen LogP contribution >= 0.6 is 0 Å². The lowest BCUT2D eigenvalue weighted by Crippen LogP contribution is -2.61. The highest BCUT2D eigenvalue weighted by atomic mass is 16.7. The molecule has 0 aromatic heterocycles. The zero-order valence-corrected chi connectivity index (χ0v) is 70.4. The molecule has 30 nitrogen and oxygen atoms in total. The lowest BCUT2D eigenvalue weighted by molar-refractivity contribution is -0.318. The topological polar surface area (TPSA) is 429 Å². The molecule has 6 heterocycles. The van der Waals surface area contributed by atoms with Crippen molar-refractivity contribution in [1.29, 1.82) is 0 Å². The van der Waals surface area contributed by atoms with E-state index in [-0.39, 0.29) is 102 Å². The van der Waals surface area contributed by atoms with Crippen LogP contribution in [0.2, 0.25) is 0 Å². The maximum atomic E-state index is 14.7. The molecule has 0 spiro atoms. The Balaban J connectivity index is 1.18. The molecule has 16 unspecified atom stereocenters. The SMILES string of the molecule is CC[C@H]1OC(=O)[C@H](C)[C@@H](OC2CC(C)(OC)C(O)C(C)O2)[C@H](C)[C@@H](OC2OC(C)CC(C)C2O)[C@](C)(O)C[C@@H](C)[C@H](NCCNC(=O)CCC(=O)NCCN[C@@H]2[C@H](C)[C@@H](O)[C@](C)(O)[C@@H](CC)OC(=O)[C@H](C)[C@@H](OC3CC(C)(OC)C(O)C(C)O3)[C@H](C)[C@@H](OC3OC(C)CC(C)C3O)[C@](C)(O)C[C@H]2C)[C@H](C)[C@@H](O)[C@]1(C)O. The third-order valence-corrected chi connectivity index (χ3v) is 25.8. The van der Waals surface area contributed by atoms with E-state index in [4.69, 9.17) is 56.8 Å². The predicted octanol–water partition coefficient (Wildman–Crippen LogP) is 3.79. The van der Waals surface area contributed by atoms with Crippen molar-refractivity contribution in [1.82, 2.24) is 21.3 Å². The Labute approximate surface area is 654 Å². The van der Waals surface area contributed by atoms with E-state index in [1.807, 2.05) is 41.5 Å². The molecule has 30 heteroatoms. The standard InChI is InChI=1S/C80H146N4O26/c1-25-53-79(21,97)65(89)45(9)59(41(5)35-75(17,95)69(109-73-61(87)39(3)33-43(7)101-73)47(11)63(49(13)71(93)105-53)107-57-37-77(19,99-23)67(91)51(15)103-57)83-31-29-81-55(85)27-28-56(86)82-30-32-84-60-42(6)36-76(18,96)70(110-74-62(88)40(4)34-44(8)102-74)48(12)64(108-58-38-78(20,100-24)68(92)52(16)104-58)50(14)72(94)106-54(26-2)80(22,98)66(90)46(60)10/h39-54,57-70,73-74,83-84,87-92,95-98H,25-38H2,1-24H3,(H,81,85)(H,82,86)/t39?,40?,41-,42-,43?,44?,45+,46+,47+,48+,49-,50-,51?,52?,53-,54-,57?,58?,59+,60+,61?,62?,63+,64+,65-,66-,67?,68?,69-,70-,73?,74?,75-,76-,77?,78?,79-,80-/m1/s1. The number of amides is 2. The second-order valence-corrected chi connectivity index (χ2v) is 35.5. The minimum absolute atomic E-state index is 0.0330. The molecule has 642 valence electrons. The van der Waals surface area contributed by atoms with E-state index < -0.39 is 227 Å². The summed E-state index contributed by atoms with van der Waals surface area (Å²) < 4.78 is 76.2. The molecule has 110 heavy (non-hydrogen) atoms. The van der Waals surface area contributed by atoms with Crippen LogP contribution in [0, 0.1) is 59.2 Å². The van der Waals surface area contributed by atoms with Crippen LogP contribution in [0.4, 0.5) is 0 Å². The third kappa shape index (κ3) is 23.0. The predicted molar refractivity (Wildman–Crippen MR) is 405 cm³/mol. The molecule has 6 rings (SSSR count). The van der Waals surface area contributed by atoms with Crippen molar-refractivity contribution in [2.75, 3.05) is 40.4 Å². The summed E-state index contributed by atoms with van der Waals surface area (Å²) in [6, 6.07) is -1.44. The van der Waals surface area contributed by atoms with E-state index in [2.05, 4.69) is 21.3 Å². The highest BCUT2D eigenvalue weighted by molar-refractivity contribution is 5.83. The molecule has 0 aromatic rings. The lowest BCUT2D eigenvalue weighted by Gasteiger charge is -2.49. The number of ether oxygens (including phenoxy) is 12. The van der Waals surface area contributed by atoms with Gasteiger partial charge in [-0.15, -0.1) is 0 Å². The Morgan fingerprint density at radius 2 is 0.773 bits per heavy atom. The smallest absolute Gasteiger partial charge is 0.311 e.